The Hall–Kier alpha value is -2.67. The summed E-state index contributed by atoms with van der Waals surface area (Å²) in [7, 11) is -3.06. The molecule has 0 saturated heterocycles. The van der Waals surface area contributed by atoms with E-state index in [0.717, 1.165) is 11.3 Å². The van der Waals surface area contributed by atoms with Crippen molar-refractivity contribution in [1.82, 2.24) is 20.3 Å². The van der Waals surface area contributed by atoms with Crippen molar-refractivity contribution in [3.8, 4) is 11.4 Å². The minimum atomic E-state index is -4.75. The third-order valence-corrected chi connectivity index (χ3v) is 6.20. The average Bonchev–Trinajstić information content (AvgIpc) is 3.23. The number of carbonyl (C=O) groups excluding carboxylic acids is 1. The van der Waals surface area contributed by atoms with Crippen molar-refractivity contribution in [1.29, 1.82) is 0 Å². The molecule has 1 amide bonds. The first-order valence-electron chi connectivity index (χ1n) is 7.14. The largest absolute Gasteiger partial charge is 0.471 e. The van der Waals surface area contributed by atoms with E-state index in [1.807, 2.05) is 0 Å². The van der Waals surface area contributed by atoms with Crippen molar-refractivity contribution in [3.63, 3.8) is 0 Å². The average molecular weight is 417 g/mol. The van der Waals surface area contributed by atoms with Gasteiger partial charge < -0.3 is 4.52 Å². The molecule has 142 valence electrons. The summed E-state index contributed by atoms with van der Waals surface area (Å²) in [5.74, 6) is -2.50. The van der Waals surface area contributed by atoms with Gasteiger partial charge in [0.15, 0.2) is 0 Å². The molecular weight excluding hydrogens is 407 g/mol. The lowest BCUT2D eigenvalue weighted by Crippen LogP contribution is -2.05. The summed E-state index contributed by atoms with van der Waals surface area (Å²) in [6, 6.07) is 5.29. The number of amides is 1. The maximum Gasteiger partial charge on any atom is 0.471 e. The molecule has 0 aliphatic carbocycles. The van der Waals surface area contributed by atoms with Gasteiger partial charge in [-0.05, 0) is 19.1 Å². The lowest BCUT2D eigenvalue weighted by atomic mass is 10.1. The molecule has 0 N–H and O–H groups in total. The van der Waals surface area contributed by atoms with Gasteiger partial charge in [0.05, 0.1) is 0 Å². The zero-order valence-corrected chi connectivity index (χ0v) is 15.4. The number of benzene rings is 1. The summed E-state index contributed by atoms with van der Waals surface area (Å²) >= 11 is 1.07. The highest BCUT2D eigenvalue weighted by Gasteiger charge is 2.38. The van der Waals surface area contributed by atoms with Crippen LogP contribution in [-0.4, -0.2) is 36.7 Å². The first kappa shape index (κ1) is 19.1. The van der Waals surface area contributed by atoms with Crippen LogP contribution < -0.4 is 0 Å². The second-order valence-corrected chi connectivity index (χ2v) is 8.90. The number of aromatic nitrogens is 4. The molecule has 1 atom stereocenters. The number of nitrogens with zero attached hydrogens (tertiary/aromatic N) is 5. The summed E-state index contributed by atoms with van der Waals surface area (Å²) in [6.07, 6.45) is -3.47. The van der Waals surface area contributed by atoms with Crippen LogP contribution in [0.2, 0.25) is 0 Å². The predicted molar refractivity (Wildman–Crippen MR) is 88.5 cm³/mol. The van der Waals surface area contributed by atoms with Crippen LogP contribution in [0.15, 0.2) is 37.5 Å². The molecule has 27 heavy (non-hydrogen) atoms. The highest BCUT2D eigenvalue weighted by Crippen LogP contribution is 2.29. The molecule has 1 unspecified atom stereocenters. The lowest BCUT2D eigenvalue weighted by Gasteiger charge is -2.00. The maximum absolute atomic E-state index is 12.6. The van der Waals surface area contributed by atoms with E-state index in [1.54, 1.807) is 6.92 Å². The van der Waals surface area contributed by atoms with E-state index in [0.29, 0.717) is 5.01 Å². The van der Waals surface area contributed by atoms with Crippen molar-refractivity contribution >= 4 is 27.0 Å². The Balaban J connectivity index is 1.85. The van der Waals surface area contributed by atoms with Gasteiger partial charge in [0, 0.05) is 17.4 Å². The Morgan fingerprint density at radius 1 is 1.22 bits per heavy atom. The summed E-state index contributed by atoms with van der Waals surface area (Å²) in [5, 5.41) is 11.3. The Morgan fingerprint density at radius 2 is 1.89 bits per heavy atom. The molecule has 0 fully saturated rings. The first-order valence-corrected chi connectivity index (χ1v) is 9.88. The van der Waals surface area contributed by atoms with Crippen LogP contribution in [0.5, 0.6) is 0 Å². The fourth-order valence-electron chi connectivity index (χ4n) is 1.90. The second kappa shape index (κ2) is 6.81. The van der Waals surface area contributed by atoms with Gasteiger partial charge in [0.25, 0.3) is 5.91 Å². The Bertz CT molecular complexity index is 1110. The molecule has 0 bridgehead atoms. The highest BCUT2D eigenvalue weighted by atomic mass is 32.2. The number of halogens is 3. The van der Waals surface area contributed by atoms with Gasteiger partial charge >= 0.3 is 12.1 Å². The van der Waals surface area contributed by atoms with E-state index in [2.05, 4.69) is 29.2 Å². The monoisotopic (exact) mass is 417 g/mol. The van der Waals surface area contributed by atoms with Gasteiger partial charge in [-0.25, -0.2) is 4.21 Å². The van der Waals surface area contributed by atoms with Crippen LogP contribution in [0.3, 0.4) is 0 Å². The molecular formula is C14H10F3N5O3S2. The van der Waals surface area contributed by atoms with Crippen LogP contribution >= 0.6 is 11.3 Å². The molecule has 0 aliphatic heterocycles. The van der Waals surface area contributed by atoms with E-state index < -0.39 is 27.7 Å². The number of hydrogen-bond acceptors (Lipinski definition) is 8. The van der Waals surface area contributed by atoms with Crippen molar-refractivity contribution in [2.75, 3.05) is 6.26 Å². The van der Waals surface area contributed by atoms with E-state index in [1.165, 1.54) is 30.5 Å². The number of aryl methyl sites for hydroxylation is 1. The molecule has 3 rings (SSSR count). The van der Waals surface area contributed by atoms with Gasteiger partial charge in [-0.1, -0.05) is 28.6 Å². The number of alkyl halides is 3. The first-order chi connectivity index (χ1) is 12.6. The molecule has 2 heterocycles. The lowest BCUT2D eigenvalue weighted by molar-refractivity contribution is -0.159. The minimum absolute atomic E-state index is 0.0918. The maximum atomic E-state index is 12.6. The van der Waals surface area contributed by atoms with E-state index in [-0.39, 0.29) is 21.3 Å². The number of rotatable bonds is 3. The molecule has 0 radical (unpaired) electrons. The van der Waals surface area contributed by atoms with Crippen LogP contribution in [0.1, 0.15) is 21.3 Å². The highest BCUT2D eigenvalue weighted by molar-refractivity contribution is 7.95. The van der Waals surface area contributed by atoms with Crippen molar-refractivity contribution in [2.24, 2.45) is 4.36 Å². The van der Waals surface area contributed by atoms with Crippen molar-refractivity contribution in [2.45, 2.75) is 17.4 Å². The summed E-state index contributed by atoms with van der Waals surface area (Å²) < 4.78 is 58.0. The van der Waals surface area contributed by atoms with Gasteiger partial charge in [-0.15, -0.1) is 10.2 Å². The van der Waals surface area contributed by atoms with Crippen molar-refractivity contribution < 1.29 is 26.7 Å². The zero-order valence-electron chi connectivity index (χ0n) is 13.7. The molecule has 13 heteroatoms. The Morgan fingerprint density at radius 3 is 2.41 bits per heavy atom. The molecule has 8 nitrogen and oxygen atoms in total. The van der Waals surface area contributed by atoms with Crippen LogP contribution in [0.4, 0.5) is 13.2 Å². The zero-order chi connectivity index (χ0) is 19.8. The normalized spacial score (nSPS) is 14.0. The third kappa shape index (κ3) is 4.19. The molecule has 2 aromatic heterocycles. The summed E-state index contributed by atoms with van der Waals surface area (Å²) in [5.41, 5.74) is 0.303. The van der Waals surface area contributed by atoms with Crippen molar-refractivity contribution in [3.05, 3.63) is 40.7 Å². The molecule has 0 aliphatic rings. The van der Waals surface area contributed by atoms with Crippen LogP contribution in [0.25, 0.3) is 11.4 Å². The quantitative estimate of drug-likeness (QED) is 0.643. The standard InChI is InChI=1S/C14H10F3N5O3S2/c1-7-19-20-13(26-7)27(2,24)22-11(23)9-5-3-8(4-6-9)10-18-12(25-21-10)14(15,16)17/h3-6H,1-2H3. The van der Waals surface area contributed by atoms with Gasteiger partial charge in [-0.2, -0.15) is 22.5 Å². The fraction of sp³-hybridized carbons (Fsp3) is 0.214. The SMILES string of the molecule is Cc1nnc(S(C)(=O)=NC(=O)c2ccc(-c3noc(C(F)(F)F)n3)cc2)s1. The molecule has 1 aromatic carbocycles. The summed E-state index contributed by atoms with van der Waals surface area (Å²) in [4.78, 5) is 15.5. The smallest absolute Gasteiger partial charge is 0.329 e. The van der Waals surface area contributed by atoms with Crippen LogP contribution in [-0.2, 0) is 15.9 Å². The molecule has 3 aromatic rings. The van der Waals surface area contributed by atoms with Gasteiger partial charge in [0.2, 0.25) is 10.2 Å². The van der Waals surface area contributed by atoms with Gasteiger partial charge in [0.1, 0.15) is 14.7 Å². The number of carbonyl (C=O) groups is 1. The second-order valence-electron chi connectivity index (χ2n) is 5.28. The molecule has 0 spiro atoms. The Labute approximate surface area is 154 Å². The van der Waals surface area contributed by atoms with E-state index in [9.17, 15) is 22.2 Å². The third-order valence-electron chi connectivity index (χ3n) is 3.15. The predicted octanol–water partition coefficient (Wildman–Crippen LogP) is 3.21. The van der Waals surface area contributed by atoms with Crippen LogP contribution in [0, 0.1) is 6.92 Å². The minimum Gasteiger partial charge on any atom is -0.329 e. The topological polar surface area (TPSA) is 111 Å². The van der Waals surface area contributed by atoms with E-state index >= 15 is 0 Å². The number of hydrogen-bond donors (Lipinski definition) is 0. The summed E-state index contributed by atoms with van der Waals surface area (Å²) in [6.45, 7) is 1.68. The Kier molecular flexibility index (Phi) is 4.82. The molecule has 0 saturated carbocycles. The van der Waals surface area contributed by atoms with Gasteiger partial charge in [-0.3, -0.25) is 4.79 Å². The fourth-order valence-corrected chi connectivity index (χ4v) is 4.10. The van der Waals surface area contributed by atoms with E-state index in [4.69, 9.17) is 0 Å².